The molecular formula is C20H20Cl2N4. The molecule has 2 aromatic carbocycles. The lowest BCUT2D eigenvalue weighted by Gasteiger charge is -2.13. The molecule has 0 aliphatic heterocycles. The number of nitrogens with zero attached hydrogens (tertiary/aromatic N) is 2. The summed E-state index contributed by atoms with van der Waals surface area (Å²) in [4.78, 5) is 9.36. The topological polar surface area (TPSA) is 49.8 Å². The van der Waals surface area contributed by atoms with Gasteiger partial charge in [0.25, 0.3) is 0 Å². The van der Waals surface area contributed by atoms with E-state index in [2.05, 4.69) is 15.6 Å². The maximum Gasteiger partial charge on any atom is 0.163 e. The first kappa shape index (κ1) is 18.5. The van der Waals surface area contributed by atoms with E-state index in [-0.39, 0.29) is 0 Å². The number of nitrogens with one attached hydrogen (secondary N) is 2. The Balaban J connectivity index is 1.95. The van der Waals surface area contributed by atoms with Crippen molar-refractivity contribution in [3.05, 3.63) is 64.3 Å². The third-order valence-electron chi connectivity index (χ3n) is 4.05. The van der Waals surface area contributed by atoms with E-state index in [1.54, 1.807) is 6.07 Å². The highest BCUT2D eigenvalue weighted by Crippen LogP contribution is 2.33. The van der Waals surface area contributed by atoms with Crippen LogP contribution < -0.4 is 10.6 Å². The molecule has 0 atom stereocenters. The number of rotatable bonds is 6. The van der Waals surface area contributed by atoms with Crippen molar-refractivity contribution in [2.45, 2.75) is 13.8 Å². The van der Waals surface area contributed by atoms with Crippen LogP contribution in [-0.4, -0.2) is 23.1 Å². The lowest BCUT2D eigenvalue weighted by atomic mass is 10.2. The van der Waals surface area contributed by atoms with Crippen molar-refractivity contribution in [3.63, 3.8) is 0 Å². The Kier molecular flexibility index (Phi) is 5.96. The van der Waals surface area contributed by atoms with Crippen LogP contribution in [0, 0.1) is 0 Å². The number of hydrogen-bond donors (Lipinski definition) is 2. The average Bonchev–Trinajstić information content (AvgIpc) is 2.66. The molecule has 3 aromatic rings. The van der Waals surface area contributed by atoms with E-state index >= 15 is 0 Å². The van der Waals surface area contributed by atoms with E-state index in [0.717, 1.165) is 41.1 Å². The lowest BCUT2D eigenvalue weighted by molar-refractivity contribution is 0.814. The van der Waals surface area contributed by atoms with Crippen molar-refractivity contribution in [2.75, 3.05) is 18.4 Å². The number of fused-ring (bicyclic) bond motifs is 1. The summed E-state index contributed by atoms with van der Waals surface area (Å²) in [7, 11) is 0. The fourth-order valence-corrected chi connectivity index (χ4v) is 2.94. The molecule has 26 heavy (non-hydrogen) atoms. The zero-order valence-electron chi connectivity index (χ0n) is 14.7. The summed E-state index contributed by atoms with van der Waals surface area (Å²) in [6, 6.07) is 13.4. The minimum Gasteiger partial charge on any atom is -0.387 e. The quantitative estimate of drug-likeness (QED) is 0.546. The van der Waals surface area contributed by atoms with Crippen LogP contribution in [0.15, 0.2) is 54.2 Å². The number of hydrogen-bond acceptors (Lipinski definition) is 4. The molecular weight excluding hydrogens is 367 g/mol. The number of allylic oxidation sites excluding steroid dienone is 2. The third-order valence-corrected chi connectivity index (χ3v) is 4.87. The Bertz CT molecular complexity index is 954. The highest BCUT2D eigenvalue weighted by atomic mass is 35.5. The maximum atomic E-state index is 6.36. The van der Waals surface area contributed by atoms with Gasteiger partial charge in [0.1, 0.15) is 5.82 Å². The SMILES string of the molecule is C/C=C(\C)NCCNc1nc(-c2cccc(Cl)c2Cl)nc2ccccc12. The van der Waals surface area contributed by atoms with Crippen molar-refractivity contribution in [3.8, 4) is 11.4 Å². The van der Waals surface area contributed by atoms with Crippen molar-refractivity contribution in [2.24, 2.45) is 0 Å². The van der Waals surface area contributed by atoms with Crippen LogP contribution in [0.4, 0.5) is 5.82 Å². The van der Waals surface area contributed by atoms with Gasteiger partial charge in [-0.05, 0) is 38.1 Å². The normalized spacial score (nSPS) is 11.6. The minimum atomic E-state index is 0.459. The Labute approximate surface area is 163 Å². The monoisotopic (exact) mass is 386 g/mol. The Morgan fingerprint density at radius 3 is 2.65 bits per heavy atom. The molecule has 6 heteroatoms. The molecule has 0 aliphatic carbocycles. The standard InChI is InChI=1S/C20H20Cl2N4/c1-3-13(2)23-11-12-24-19-14-7-4-5-10-17(14)25-20(26-19)15-8-6-9-16(21)18(15)22/h3-10,23H,11-12H2,1-2H3,(H,24,25,26)/b13-3+. The van der Waals surface area contributed by atoms with Crippen molar-refractivity contribution in [1.29, 1.82) is 0 Å². The maximum absolute atomic E-state index is 6.36. The van der Waals surface area contributed by atoms with Crippen molar-refractivity contribution in [1.82, 2.24) is 15.3 Å². The third kappa shape index (κ3) is 4.09. The average molecular weight is 387 g/mol. The lowest BCUT2D eigenvalue weighted by Crippen LogP contribution is -2.21. The first-order chi connectivity index (χ1) is 12.6. The van der Waals surface area contributed by atoms with Gasteiger partial charge in [-0.3, -0.25) is 0 Å². The second kappa shape index (κ2) is 8.39. The van der Waals surface area contributed by atoms with E-state index in [0.29, 0.717) is 15.9 Å². The van der Waals surface area contributed by atoms with E-state index in [1.165, 1.54) is 0 Å². The summed E-state index contributed by atoms with van der Waals surface area (Å²) in [5, 5.41) is 8.64. The molecule has 1 aromatic heterocycles. The van der Waals surface area contributed by atoms with Crippen LogP contribution in [0.3, 0.4) is 0 Å². The van der Waals surface area contributed by atoms with Crippen molar-refractivity contribution < 1.29 is 0 Å². The molecule has 4 nitrogen and oxygen atoms in total. The fraction of sp³-hybridized carbons (Fsp3) is 0.200. The summed E-state index contributed by atoms with van der Waals surface area (Å²) in [6.45, 7) is 5.57. The molecule has 0 amide bonds. The summed E-state index contributed by atoms with van der Waals surface area (Å²) >= 11 is 12.5. The smallest absolute Gasteiger partial charge is 0.163 e. The molecule has 0 unspecified atom stereocenters. The van der Waals surface area contributed by atoms with Gasteiger partial charge in [0.2, 0.25) is 0 Å². The molecule has 3 rings (SSSR count). The van der Waals surface area contributed by atoms with E-state index in [4.69, 9.17) is 28.2 Å². The van der Waals surface area contributed by atoms with Gasteiger partial charge in [-0.1, -0.05) is 47.5 Å². The van der Waals surface area contributed by atoms with Crippen LogP contribution in [-0.2, 0) is 0 Å². The zero-order valence-corrected chi connectivity index (χ0v) is 16.2. The van der Waals surface area contributed by atoms with Crippen molar-refractivity contribution >= 4 is 39.9 Å². The van der Waals surface area contributed by atoms with Gasteiger partial charge >= 0.3 is 0 Å². The van der Waals surface area contributed by atoms with E-state index in [9.17, 15) is 0 Å². The molecule has 134 valence electrons. The number of aromatic nitrogens is 2. The van der Waals surface area contributed by atoms with Gasteiger partial charge in [-0.15, -0.1) is 0 Å². The highest BCUT2D eigenvalue weighted by molar-refractivity contribution is 6.43. The summed E-state index contributed by atoms with van der Waals surface area (Å²) in [5.41, 5.74) is 2.72. The molecule has 0 radical (unpaired) electrons. The Morgan fingerprint density at radius 2 is 1.85 bits per heavy atom. The molecule has 0 aliphatic rings. The van der Waals surface area contributed by atoms with Crippen LogP contribution in [0.2, 0.25) is 10.0 Å². The predicted octanol–water partition coefficient (Wildman–Crippen LogP) is 5.53. The first-order valence-corrected chi connectivity index (χ1v) is 9.17. The molecule has 0 saturated carbocycles. The first-order valence-electron chi connectivity index (χ1n) is 8.42. The molecule has 0 fully saturated rings. The number of anilines is 1. The summed E-state index contributed by atoms with van der Waals surface area (Å²) < 4.78 is 0. The molecule has 2 N–H and O–H groups in total. The number of para-hydroxylation sites is 1. The van der Waals surface area contributed by atoms with Gasteiger partial charge in [0.05, 0.1) is 15.6 Å². The summed E-state index contributed by atoms with van der Waals surface area (Å²) in [6.07, 6.45) is 2.04. The summed E-state index contributed by atoms with van der Waals surface area (Å²) in [5.74, 6) is 1.33. The zero-order chi connectivity index (χ0) is 18.5. The highest BCUT2D eigenvalue weighted by Gasteiger charge is 2.13. The predicted molar refractivity (Wildman–Crippen MR) is 111 cm³/mol. The van der Waals surface area contributed by atoms with E-state index < -0.39 is 0 Å². The van der Waals surface area contributed by atoms with Gasteiger partial charge in [0.15, 0.2) is 5.82 Å². The number of benzene rings is 2. The second-order valence-corrected chi connectivity index (χ2v) is 6.62. The largest absolute Gasteiger partial charge is 0.387 e. The molecule has 0 saturated heterocycles. The van der Waals surface area contributed by atoms with Gasteiger partial charge < -0.3 is 10.6 Å². The minimum absolute atomic E-state index is 0.459. The molecule has 0 bridgehead atoms. The molecule has 0 spiro atoms. The van der Waals surface area contributed by atoms with E-state index in [1.807, 2.05) is 56.3 Å². The van der Waals surface area contributed by atoms with Crippen LogP contribution in [0.25, 0.3) is 22.3 Å². The second-order valence-electron chi connectivity index (χ2n) is 5.84. The van der Waals surface area contributed by atoms with Gasteiger partial charge in [-0.2, -0.15) is 0 Å². The Hall–Kier alpha value is -2.30. The molecule has 1 heterocycles. The number of halogens is 2. The van der Waals surface area contributed by atoms with Gasteiger partial charge in [-0.25, -0.2) is 9.97 Å². The van der Waals surface area contributed by atoms with Crippen LogP contribution in [0.1, 0.15) is 13.8 Å². The van der Waals surface area contributed by atoms with Crippen LogP contribution in [0.5, 0.6) is 0 Å². The van der Waals surface area contributed by atoms with Crippen LogP contribution >= 0.6 is 23.2 Å². The fourth-order valence-electron chi connectivity index (χ4n) is 2.55. The Morgan fingerprint density at radius 1 is 1.04 bits per heavy atom. The van der Waals surface area contributed by atoms with Gasteiger partial charge in [0, 0.05) is 29.7 Å².